The molecule has 1 saturated heterocycles. The van der Waals surface area contributed by atoms with Crippen LogP contribution in [0.15, 0.2) is 30.3 Å². The van der Waals surface area contributed by atoms with Gasteiger partial charge in [-0.1, -0.05) is 30.3 Å². The Morgan fingerprint density at radius 1 is 1.32 bits per heavy atom. The third-order valence-corrected chi connectivity index (χ3v) is 3.69. The lowest BCUT2D eigenvalue weighted by molar-refractivity contribution is -0.125. The number of carbonyl (C=O) groups excluding carboxylic acids is 1. The van der Waals surface area contributed by atoms with Crippen molar-refractivity contribution < 1.29 is 4.79 Å². The average molecular weight is 348 g/mol. The molecule has 2 rings (SSSR count). The number of halogens is 2. The lowest BCUT2D eigenvalue weighted by Crippen LogP contribution is -2.45. The molecule has 1 heterocycles. The van der Waals surface area contributed by atoms with Crippen LogP contribution in [0.3, 0.4) is 0 Å². The molecule has 0 aliphatic carbocycles. The Morgan fingerprint density at radius 3 is 2.55 bits per heavy atom. The van der Waals surface area contributed by atoms with Crippen LogP contribution in [-0.4, -0.2) is 50.6 Å². The zero-order valence-corrected chi connectivity index (χ0v) is 14.9. The van der Waals surface area contributed by atoms with E-state index in [2.05, 4.69) is 27.7 Å². The van der Waals surface area contributed by atoms with Crippen LogP contribution in [0.1, 0.15) is 12.0 Å². The Balaban J connectivity index is 0.00000220. The normalized spacial score (nSPS) is 18.2. The number of carbonyl (C=O) groups is 1. The molecule has 0 radical (unpaired) electrons. The van der Waals surface area contributed by atoms with E-state index in [9.17, 15) is 4.79 Å². The Kier molecular flexibility index (Phi) is 10.4. The van der Waals surface area contributed by atoms with Gasteiger partial charge in [-0.3, -0.25) is 4.79 Å². The Morgan fingerprint density at radius 2 is 2.00 bits per heavy atom. The van der Waals surface area contributed by atoms with Gasteiger partial charge in [-0.2, -0.15) is 0 Å². The lowest BCUT2D eigenvalue weighted by Gasteiger charge is -2.24. The molecule has 0 bridgehead atoms. The first kappa shape index (κ1) is 21.2. The summed E-state index contributed by atoms with van der Waals surface area (Å²) in [6.07, 6.45) is 1.83. The summed E-state index contributed by atoms with van der Waals surface area (Å²) in [4.78, 5) is 14.4. The molecule has 1 aromatic carbocycles. The zero-order valence-electron chi connectivity index (χ0n) is 13.2. The van der Waals surface area contributed by atoms with Crippen molar-refractivity contribution in [2.24, 2.45) is 5.92 Å². The molecular formula is C16H27Cl2N3O. The van der Waals surface area contributed by atoms with Gasteiger partial charge in [0.2, 0.25) is 5.91 Å². The van der Waals surface area contributed by atoms with E-state index in [1.165, 1.54) is 5.56 Å². The van der Waals surface area contributed by atoms with Gasteiger partial charge in [-0.15, -0.1) is 24.8 Å². The SMILES string of the molecule is CN(C)CC(Cc1ccccc1)NC(=O)C1CCNC1.Cl.Cl. The van der Waals surface area contributed by atoms with E-state index in [1.54, 1.807) is 0 Å². The number of amides is 1. The molecule has 2 atom stereocenters. The summed E-state index contributed by atoms with van der Waals surface area (Å²) in [5.74, 6) is 0.327. The molecule has 0 aromatic heterocycles. The highest BCUT2D eigenvalue weighted by Crippen LogP contribution is 2.09. The van der Waals surface area contributed by atoms with Crippen LogP contribution < -0.4 is 10.6 Å². The fourth-order valence-corrected chi connectivity index (χ4v) is 2.70. The number of hydrogen-bond donors (Lipinski definition) is 2. The highest BCUT2D eigenvalue weighted by molar-refractivity contribution is 5.85. The van der Waals surface area contributed by atoms with Crippen molar-refractivity contribution in [1.82, 2.24) is 15.5 Å². The van der Waals surface area contributed by atoms with Crippen molar-refractivity contribution >= 4 is 30.7 Å². The summed E-state index contributed by atoms with van der Waals surface area (Å²) in [7, 11) is 4.09. The Bertz CT molecular complexity index is 423. The fraction of sp³-hybridized carbons (Fsp3) is 0.562. The summed E-state index contributed by atoms with van der Waals surface area (Å²) >= 11 is 0. The van der Waals surface area contributed by atoms with Crippen molar-refractivity contribution in [3.05, 3.63) is 35.9 Å². The van der Waals surface area contributed by atoms with E-state index < -0.39 is 0 Å². The van der Waals surface area contributed by atoms with Gasteiger partial charge in [0.1, 0.15) is 0 Å². The van der Waals surface area contributed by atoms with Crippen molar-refractivity contribution in [1.29, 1.82) is 0 Å². The number of nitrogens with one attached hydrogen (secondary N) is 2. The minimum Gasteiger partial charge on any atom is -0.351 e. The first-order valence-corrected chi connectivity index (χ1v) is 7.35. The molecule has 6 heteroatoms. The molecular weight excluding hydrogens is 321 g/mol. The highest BCUT2D eigenvalue weighted by atomic mass is 35.5. The third-order valence-electron chi connectivity index (χ3n) is 3.69. The zero-order chi connectivity index (χ0) is 14.4. The van der Waals surface area contributed by atoms with Crippen molar-refractivity contribution in [3.63, 3.8) is 0 Å². The van der Waals surface area contributed by atoms with Gasteiger partial charge in [0, 0.05) is 19.1 Å². The van der Waals surface area contributed by atoms with E-state index >= 15 is 0 Å². The molecule has 1 aromatic rings. The van der Waals surface area contributed by atoms with Crippen LogP contribution in [-0.2, 0) is 11.2 Å². The first-order chi connectivity index (χ1) is 9.65. The second-order valence-electron chi connectivity index (χ2n) is 5.85. The summed E-state index contributed by atoms with van der Waals surface area (Å²) in [5.41, 5.74) is 1.27. The molecule has 1 amide bonds. The number of rotatable bonds is 6. The number of likely N-dealkylation sites (N-methyl/N-ethyl adjacent to an activating group) is 1. The summed E-state index contributed by atoms with van der Waals surface area (Å²) in [5, 5.41) is 6.46. The fourth-order valence-electron chi connectivity index (χ4n) is 2.70. The van der Waals surface area contributed by atoms with Crippen molar-refractivity contribution in [2.75, 3.05) is 33.7 Å². The molecule has 22 heavy (non-hydrogen) atoms. The molecule has 1 fully saturated rings. The van der Waals surface area contributed by atoms with Crippen LogP contribution >= 0.6 is 24.8 Å². The average Bonchev–Trinajstić information content (AvgIpc) is 2.93. The van der Waals surface area contributed by atoms with Gasteiger partial charge in [-0.05, 0) is 39.0 Å². The van der Waals surface area contributed by atoms with Crippen LogP contribution in [0.4, 0.5) is 0 Å². The van der Waals surface area contributed by atoms with Gasteiger partial charge in [0.05, 0.1) is 5.92 Å². The molecule has 1 aliphatic heterocycles. The molecule has 4 nitrogen and oxygen atoms in total. The van der Waals surface area contributed by atoms with Crippen LogP contribution in [0.25, 0.3) is 0 Å². The highest BCUT2D eigenvalue weighted by Gasteiger charge is 2.24. The van der Waals surface area contributed by atoms with Crippen molar-refractivity contribution in [3.8, 4) is 0 Å². The largest absolute Gasteiger partial charge is 0.351 e. The van der Waals surface area contributed by atoms with E-state index in [4.69, 9.17) is 0 Å². The molecule has 2 N–H and O–H groups in total. The minimum absolute atomic E-state index is 0. The molecule has 1 aliphatic rings. The van der Waals surface area contributed by atoms with Crippen LogP contribution in [0.2, 0.25) is 0 Å². The summed E-state index contributed by atoms with van der Waals surface area (Å²) < 4.78 is 0. The van der Waals surface area contributed by atoms with Gasteiger partial charge in [-0.25, -0.2) is 0 Å². The molecule has 0 saturated carbocycles. The second-order valence-corrected chi connectivity index (χ2v) is 5.85. The number of benzene rings is 1. The van der Waals surface area contributed by atoms with Crippen LogP contribution in [0.5, 0.6) is 0 Å². The maximum Gasteiger partial charge on any atom is 0.224 e. The topological polar surface area (TPSA) is 44.4 Å². The van der Waals surface area contributed by atoms with E-state index in [0.717, 1.165) is 32.5 Å². The van der Waals surface area contributed by atoms with E-state index in [0.29, 0.717) is 0 Å². The lowest BCUT2D eigenvalue weighted by atomic mass is 10.0. The molecule has 2 unspecified atom stereocenters. The number of nitrogens with zero attached hydrogens (tertiary/aromatic N) is 1. The predicted octanol–water partition coefficient (Wildman–Crippen LogP) is 1.73. The summed E-state index contributed by atoms with van der Waals surface area (Å²) in [6, 6.07) is 10.5. The minimum atomic E-state index is 0. The molecule has 126 valence electrons. The quantitative estimate of drug-likeness (QED) is 0.823. The third kappa shape index (κ3) is 6.97. The second kappa shape index (κ2) is 10.8. The monoisotopic (exact) mass is 347 g/mol. The standard InChI is InChI=1S/C16H25N3O.2ClH/c1-19(2)12-15(10-13-6-4-3-5-7-13)18-16(20)14-8-9-17-11-14;;/h3-7,14-15,17H,8-12H2,1-2H3,(H,18,20);2*1H. The van der Waals surface area contributed by atoms with E-state index in [1.807, 2.05) is 32.3 Å². The summed E-state index contributed by atoms with van der Waals surface area (Å²) in [6.45, 7) is 2.63. The number of hydrogen-bond acceptors (Lipinski definition) is 3. The first-order valence-electron chi connectivity index (χ1n) is 7.35. The van der Waals surface area contributed by atoms with Crippen molar-refractivity contribution in [2.45, 2.75) is 18.9 Å². The molecule has 0 spiro atoms. The maximum atomic E-state index is 12.3. The van der Waals surface area contributed by atoms with E-state index in [-0.39, 0.29) is 42.7 Å². The Labute approximate surface area is 145 Å². The van der Waals surface area contributed by atoms with Gasteiger partial charge in [0.25, 0.3) is 0 Å². The van der Waals surface area contributed by atoms with Gasteiger partial charge >= 0.3 is 0 Å². The van der Waals surface area contributed by atoms with Crippen LogP contribution in [0, 0.1) is 5.92 Å². The predicted molar refractivity (Wildman–Crippen MR) is 96.1 cm³/mol. The van der Waals surface area contributed by atoms with Gasteiger partial charge in [0.15, 0.2) is 0 Å². The van der Waals surface area contributed by atoms with Gasteiger partial charge < -0.3 is 15.5 Å². The smallest absolute Gasteiger partial charge is 0.224 e. The Hall–Kier alpha value is -0.810. The maximum absolute atomic E-state index is 12.3.